The number of allylic oxidation sites excluding steroid dienone is 1. The molecule has 0 saturated carbocycles. The fraction of sp³-hybridized carbons (Fsp3) is 0.400. The highest BCUT2D eigenvalue weighted by Gasteiger charge is 2.54. The van der Waals surface area contributed by atoms with Gasteiger partial charge in [-0.15, -0.1) is 11.8 Å². The predicted octanol–water partition coefficient (Wildman–Crippen LogP) is 2.75. The van der Waals surface area contributed by atoms with Crippen LogP contribution in [-0.4, -0.2) is 52.2 Å². The van der Waals surface area contributed by atoms with Crippen molar-refractivity contribution in [1.29, 1.82) is 0 Å². The summed E-state index contributed by atoms with van der Waals surface area (Å²) in [6, 6.07) is 8.08. The zero-order valence-corrected chi connectivity index (χ0v) is 17.4. The van der Waals surface area contributed by atoms with E-state index < -0.39 is 34.0 Å². The number of thioether (sulfide) groups is 1. The number of hydrogen-bond donors (Lipinski definition) is 0. The molecule has 2 rings (SSSR count). The SMILES string of the molecule is COC(=O)[C@H]1N(C(=O)C(=O)O/N=C/c2ccccc2)[C@@H](C=C(C)C)SC1(C)C. The molecule has 1 heterocycles. The van der Waals surface area contributed by atoms with Crippen LogP contribution in [0.15, 0.2) is 47.1 Å². The standard InChI is InChI=1S/C20H24N2O5S/c1-13(2)11-15-22(16(18(24)26-5)20(3,4)28-15)17(23)19(25)27-21-12-14-9-7-6-8-10-14/h6-12,15-16H,1-5H3/b21-12+/t15-,16-/m1/s1. The van der Waals surface area contributed by atoms with Gasteiger partial charge in [0, 0.05) is 4.75 Å². The van der Waals surface area contributed by atoms with Crippen LogP contribution in [0.25, 0.3) is 0 Å². The third kappa shape index (κ3) is 5.01. The number of esters is 1. The highest BCUT2D eigenvalue weighted by Crippen LogP contribution is 2.45. The normalized spacial score (nSPS) is 20.7. The number of nitrogens with zero attached hydrogens (tertiary/aromatic N) is 2. The van der Waals surface area contributed by atoms with E-state index in [-0.39, 0.29) is 0 Å². The summed E-state index contributed by atoms with van der Waals surface area (Å²) in [5, 5.41) is 3.09. The maximum absolute atomic E-state index is 12.8. The summed E-state index contributed by atoms with van der Waals surface area (Å²) in [4.78, 5) is 43.5. The molecule has 28 heavy (non-hydrogen) atoms. The van der Waals surface area contributed by atoms with Crippen LogP contribution >= 0.6 is 11.8 Å². The second kappa shape index (κ2) is 9.05. The highest BCUT2D eigenvalue weighted by molar-refractivity contribution is 8.01. The smallest absolute Gasteiger partial charge is 0.422 e. The van der Waals surface area contributed by atoms with Gasteiger partial charge in [-0.3, -0.25) is 4.79 Å². The maximum Gasteiger partial charge on any atom is 0.422 e. The zero-order chi connectivity index (χ0) is 20.9. The minimum absolute atomic E-state index is 0.498. The Morgan fingerprint density at radius 1 is 1.18 bits per heavy atom. The van der Waals surface area contributed by atoms with Gasteiger partial charge < -0.3 is 14.5 Å². The van der Waals surface area contributed by atoms with Crippen molar-refractivity contribution < 1.29 is 24.0 Å². The van der Waals surface area contributed by atoms with E-state index >= 15 is 0 Å². The lowest BCUT2D eigenvalue weighted by atomic mass is 10.0. The second-order valence-electron chi connectivity index (χ2n) is 7.02. The fourth-order valence-corrected chi connectivity index (χ4v) is 4.51. The number of amides is 1. The van der Waals surface area contributed by atoms with E-state index in [9.17, 15) is 14.4 Å². The molecule has 1 aliphatic heterocycles. The predicted molar refractivity (Wildman–Crippen MR) is 108 cm³/mol. The quantitative estimate of drug-likeness (QED) is 0.192. The molecule has 0 radical (unpaired) electrons. The highest BCUT2D eigenvalue weighted by atomic mass is 32.2. The van der Waals surface area contributed by atoms with Gasteiger partial charge in [0.05, 0.1) is 18.7 Å². The molecule has 1 amide bonds. The van der Waals surface area contributed by atoms with Crippen molar-refractivity contribution >= 4 is 35.8 Å². The van der Waals surface area contributed by atoms with Crippen LogP contribution in [0, 0.1) is 0 Å². The molecular formula is C20H24N2O5S. The first-order valence-electron chi connectivity index (χ1n) is 8.70. The number of methoxy groups -OCH3 is 1. The Morgan fingerprint density at radius 2 is 1.82 bits per heavy atom. The number of ether oxygens (including phenoxy) is 1. The van der Waals surface area contributed by atoms with Crippen molar-refractivity contribution in [2.75, 3.05) is 7.11 Å². The number of hydrogen-bond acceptors (Lipinski definition) is 7. The molecule has 7 nitrogen and oxygen atoms in total. The van der Waals surface area contributed by atoms with Gasteiger partial charge in [-0.05, 0) is 33.3 Å². The van der Waals surface area contributed by atoms with Gasteiger partial charge >= 0.3 is 17.8 Å². The first-order chi connectivity index (χ1) is 13.2. The van der Waals surface area contributed by atoms with Crippen molar-refractivity contribution in [1.82, 2.24) is 4.90 Å². The molecule has 8 heteroatoms. The Hall–Kier alpha value is -2.61. The number of carbonyl (C=O) groups excluding carboxylic acids is 3. The van der Waals surface area contributed by atoms with E-state index in [1.165, 1.54) is 30.0 Å². The average Bonchev–Trinajstić information content (AvgIpc) is 2.90. The van der Waals surface area contributed by atoms with Crippen LogP contribution < -0.4 is 0 Å². The molecule has 0 aliphatic carbocycles. The fourth-order valence-electron chi connectivity index (χ4n) is 2.87. The maximum atomic E-state index is 12.8. The molecule has 1 saturated heterocycles. The Morgan fingerprint density at radius 3 is 2.39 bits per heavy atom. The van der Waals surface area contributed by atoms with E-state index in [0.29, 0.717) is 0 Å². The molecule has 0 aromatic heterocycles. The molecule has 1 aliphatic rings. The summed E-state index contributed by atoms with van der Waals surface area (Å²) >= 11 is 1.40. The largest absolute Gasteiger partial charge is 0.467 e. The average molecular weight is 404 g/mol. The molecule has 0 bridgehead atoms. The lowest BCUT2D eigenvalue weighted by molar-refractivity contribution is -0.164. The van der Waals surface area contributed by atoms with Crippen molar-refractivity contribution in [2.45, 2.75) is 43.9 Å². The molecule has 1 fully saturated rings. The van der Waals surface area contributed by atoms with Gasteiger partial charge in [-0.25, -0.2) is 9.59 Å². The number of benzene rings is 1. The Balaban J connectivity index is 2.24. The van der Waals surface area contributed by atoms with Crippen molar-refractivity contribution in [2.24, 2.45) is 5.16 Å². The molecule has 0 spiro atoms. The van der Waals surface area contributed by atoms with E-state index in [1.807, 2.05) is 52.0 Å². The second-order valence-corrected chi connectivity index (χ2v) is 8.79. The third-order valence-electron chi connectivity index (χ3n) is 4.08. The first kappa shape index (κ1) is 21.7. The van der Waals surface area contributed by atoms with Gasteiger partial charge in [0.15, 0.2) is 0 Å². The van der Waals surface area contributed by atoms with Crippen LogP contribution in [-0.2, 0) is 24.0 Å². The third-order valence-corrected chi connectivity index (χ3v) is 5.52. The molecule has 0 N–H and O–H groups in total. The molecule has 0 unspecified atom stereocenters. The van der Waals surface area contributed by atoms with Gasteiger partial charge in [0.1, 0.15) is 6.04 Å². The molecule has 2 atom stereocenters. The Labute approximate surface area is 168 Å². The van der Waals surface area contributed by atoms with E-state index in [0.717, 1.165) is 11.1 Å². The first-order valence-corrected chi connectivity index (χ1v) is 9.58. The van der Waals surface area contributed by atoms with E-state index in [2.05, 4.69) is 5.16 Å². The summed E-state index contributed by atoms with van der Waals surface area (Å²) in [6.07, 6.45) is 3.16. The number of rotatable bonds is 4. The van der Waals surface area contributed by atoms with Crippen molar-refractivity contribution in [3.8, 4) is 0 Å². The van der Waals surface area contributed by atoms with Gasteiger partial charge in [-0.2, -0.15) is 0 Å². The Kier molecular flexibility index (Phi) is 7.01. The lowest BCUT2D eigenvalue weighted by Gasteiger charge is -2.29. The molecule has 1 aromatic rings. The summed E-state index contributed by atoms with van der Waals surface area (Å²) < 4.78 is 4.23. The minimum Gasteiger partial charge on any atom is -0.467 e. The van der Waals surface area contributed by atoms with Gasteiger partial charge in [0.25, 0.3) is 0 Å². The molecule has 1 aromatic carbocycles. The number of oxime groups is 1. The van der Waals surface area contributed by atoms with E-state index in [1.54, 1.807) is 12.1 Å². The van der Waals surface area contributed by atoms with Gasteiger partial charge in [0.2, 0.25) is 0 Å². The minimum atomic E-state index is -1.16. The summed E-state index contributed by atoms with van der Waals surface area (Å²) in [5.41, 5.74) is 1.67. The van der Waals surface area contributed by atoms with Crippen LogP contribution in [0.2, 0.25) is 0 Å². The molecular weight excluding hydrogens is 380 g/mol. The summed E-state index contributed by atoms with van der Waals surface area (Å²) in [7, 11) is 1.25. The van der Waals surface area contributed by atoms with Crippen LogP contribution in [0.3, 0.4) is 0 Å². The van der Waals surface area contributed by atoms with Crippen LogP contribution in [0.1, 0.15) is 33.3 Å². The Bertz CT molecular complexity index is 800. The van der Waals surface area contributed by atoms with Gasteiger partial charge in [-0.1, -0.05) is 47.1 Å². The molecule has 150 valence electrons. The van der Waals surface area contributed by atoms with Crippen LogP contribution in [0.5, 0.6) is 0 Å². The monoisotopic (exact) mass is 404 g/mol. The summed E-state index contributed by atoms with van der Waals surface area (Å²) in [5.74, 6) is -2.69. The zero-order valence-electron chi connectivity index (χ0n) is 16.5. The van der Waals surface area contributed by atoms with E-state index in [4.69, 9.17) is 9.57 Å². The van der Waals surface area contributed by atoms with Crippen LogP contribution in [0.4, 0.5) is 0 Å². The van der Waals surface area contributed by atoms with Crippen molar-refractivity contribution in [3.63, 3.8) is 0 Å². The lowest BCUT2D eigenvalue weighted by Crippen LogP contribution is -2.53. The topological polar surface area (TPSA) is 85.3 Å². The van der Waals surface area contributed by atoms with Crippen molar-refractivity contribution in [3.05, 3.63) is 47.5 Å². The summed E-state index contributed by atoms with van der Waals surface area (Å²) in [6.45, 7) is 7.42. The number of carbonyl (C=O) groups is 3.